The van der Waals surface area contributed by atoms with Crippen LogP contribution in [0.3, 0.4) is 0 Å². The summed E-state index contributed by atoms with van der Waals surface area (Å²) in [5, 5.41) is 9.99. The van der Waals surface area contributed by atoms with Crippen molar-refractivity contribution in [3.05, 3.63) is 17.7 Å². The van der Waals surface area contributed by atoms with Crippen molar-refractivity contribution in [1.82, 2.24) is 29.9 Å². The molecule has 3 rings (SSSR count). The van der Waals surface area contributed by atoms with Crippen molar-refractivity contribution >= 4 is 22.4 Å². The average Bonchev–Trinajstić information content (AvgIpc) is 3.24. The Labute approximate surface area is 138 Å². The van der Waals surface area contributed by atoms with Gasteiger partial charge in [0, 0.05) is 26.2 Å². The first-order valence-electron chi connectivity index (χ1n) is 7.15. The summed E-state index contributed by atoms with van der Waals surface area (Å²) in [4.78, 5) is 19.6. The molecule has 0 bridgehead atoms. The Morgan fingerprint density at radius 3 is 2.50 bits per heavy atom. The second-order valence-corrected chi connectivity index (χ2v) is 6.21. The number of rotatable bonds is 3. The molecular formula is C12H14F3N7OS. The third kappa shape index (κ3) is 3.32. The van der Waals surface area contributed by atoms with Crippen molar-refractivity contribution in [2.24, 2.45) is 0 Å². The Morgan fingerprint density at radius 1 is 1.25 bits per heavy atom. The summed E-state index contributed by atoms with van der Waals surface area (Å²) in [7, 11) is 0. The van der Waals surface area contributed by atoms with E-state index in [-0.39, 0.29) is 11.0 Å². The van der Waals surface area contributed by atoms with Crippen LogP contribution in [0.4, 0.5) is 18.3 Å². The zero-order valence-electron chi connectivity index (χ0n) is 12.6. The number of aromatic nitrogens is 5. The maximum absolute atomic E-state index is 12.6. The zero-order chi connectivity index (χ0) is 17.3. The molecule has 1 atom stereocenters. The minimum atomic E-state index is -4.49. The Kier molecular flexibility index (Phi) is 4.39. The number of anilines is 1. The van der Waals surface area contributed by atoms with E-state index in [2.05, 4.69) is 20.3 Å². The molecule has 2 aromatic rings. The molecule has 3 heterocycles. The monoisotopic (exact) mass is 361 g/mol. The molecule has 1 aliphatic rings. The molecule has 0 aromatic carbocycles. The summed E-state index contributed by atoms with van der Waals surface area (Å²) in [6.45, 7) is 3.34. The van der Waals surface area contributed by atoms with Crippen molar-refractivity contribution in [3.8, 4) is 0 Å². The first kappa shape index (κ1) is 16.6. The van der Waals surface area contributed by atoms with Crippen molar-refractivity contribution in [1.29, 1.82) is 0 Å². The fraction of sp³-hybridized carbons (Fsp3) is 0.583. The summed E-state index contributed by atoms with van der Waals surface area (Å²) in [5.41, 5.74) is 0. The van der Waals surface area contributed by atoms with Gasteiger partial charge in [-0.05, 0) is 6.92 Å². The van der Waals surface area contributed by atoms with Gasteiger partial charge in [-0.3, -0.25) is 4.79 Å². The molecule has 0 radical (unpaired) electrons. The first-order chi connectivity index (χ1) is 11.4. The van der Waals surface area contributed by atoms with E-state index in [4.69, 9.17) is 0 Å². The molecule has 2 aromatic heterocycles. The lowest BCUT2D eigenvalue weighted by atomic mass is 10.2. The standard InChI is InChI=1S/C12H14F3N7OS/c1-8(22-7-16-6-17-22)9(23)20-2-4-21(5-3-20)11-19-18-10(24-11)12(13,14)15/h6-8H,2-5H2,1H3/t8-/m1/s1. The van der Waals surface area contributed by atoms with Crippen LogP contribution < -0.4 is 4.90 Å². The quantitative estimate of drug-likeness (QED) is 0.813. The van der Waals surface area contributed by atoms with E-state index in [1.807, 2.05) is 0 Å². The minimum Gasteiger partial charge on any atom is -0.343 e. The van der Waals surface area contributed by atoms with Crippen LogP contribution in [0.1, 0.15) is 18.0 Å². The van der Waals surface area contributed by atoms with Crippen LogP contribution in [0, 0.1) is 0 Å². The Bertz CT molecular complexity index is 694. The number of hydrogen-bond acceptors (Lipinski definition) is 7. The number of halogens is 3. The number of piperazine rings is 1. The van der Waals surface area contributed by atoms with Gasteiger partial charge < -0.3 is 9.80 Å². The smallest absolute Gasteiger partial charge is 0.343 e. The van der Waals surface area contributed by atoms with Gasteiger partial charge >= 0.3 is 6.18 Å². The van der Waals surface area contributed by atoms with Crippen LogP contribution >= 0.6 is 11.3 Å². The third-order valence-corrected chi connectivity index (χ3v) is 4.74. The summed E-state index contributed by atoms with van der Waals surface area (Å²) < 4.78 is 39.2. The fourth-order valence-corrected chi connectivity index (χ4v) is 3.13. The summed E-state index contributed by atoms with van der Waals surface area (Å²) >= 11 is 0.513. The lowest BCUT2D eigenvalue weighted by molar-refractivity contribution is -0.138. The highest BCUT2D eigenvalue weighted by atomic mass is 32.1. The molecule has 1 saturated heterocycles. The first-order valence-corrected chi connectivity index (χ1v) is 7.96. The van der Waals surface area contributed by atoms with Crippen LogP contribution in [0.5, 0.6) is 0 Å². The Balaban J connectivity index is 1.59. The second-order valence-electron chi connectivity index (χ2n) is 5.25. The van der Waals surface area contributed by atoms with E-state index < -0.39 is 17.2 Å². The van der Waals surface area contributed by atoms with Crippen LogP contribution in [0.25, 0.3) is 0 Å². The van der Waals surface area contributed by atoms with Crippen molar-refractivity contribution in [2.45, 2.75) is 19.1 Å². The molecule has 1 aliphatic heterocycles. The average molecular weight is 361 g/mol. The predicted octanol–water partition coefficient (Wildman–Crippen LogP) is 1.06. The van der Waals surface area contributed by atoms with Gasteiger partial charge in [0.05, 0.1) is 0 Å². The largest absolute Gasteiger partial charge is 0.445 e. The molecule has 0 spiro atoms. The highest BCUT2D eigenvalue weighted by molar-refractivity contribution is 7.15. The van der Waals surface area contributed by atoms with Gasteiger partial charge in [-0.1, -0.05) is 11.3 Å². The van der Waals surface area contributed by atoms with Gasteiger partial charge in [-0.25, -0.2) is 9.67 Å². The van der Waals surface area contributed by atoms with Crippen LogP contribution in [-0.2, 0) is 11.0 Å². The third-order valence-electron chi connectivity index (χ3n) is 3.71. The van der Waals surface area contributed by atoms with Crippen molar-refractivity contribution < 1.29 is 18.0 Å². The molecule has 12 heteroatoms. The molecule has 24 heavy (non-hydrogen) atoms. The molecule has 0 N–H and O–H groups in total. The lowest BCUT2D eigenvalue weighted by Gasteiger charge is -2.35. The van der Waals surface area contributed by atoms with E-state index in [1.54, 1.807) is 16.7 Å². The topological polar surface area (TPSA) is 80.0 Å². The van der Waals surface area contributed by atoms with E-state index >= 15 is 0 Å². The summed E-state index contributed by atoms with van der Waals surface area (Å²) in [6, 6.07) is -0.475. The van der Waals surface area contributed by atoms with E-state index in [9.17, 15) is 18.0 Å². The normalized spacial score (nSPS) is 17.2. The number of alkyl halides is 3. The molecule has 8 nitrogen and oxygen atoms in total. The predicted molar refractivity (Wildman–Crippen MR) is 78.4 cm³/mol. The van der Waals surface area contributed by atoms with Crippen LogP contribution in [-0.4, -0.2) is 61.9 Å². The molecule has 0 aliphatic carbocycles. The number of carbonyl (C=O) groups excluding carboxylic acids is 1. The van der Waals surface area contributed by atoms with Crippen molar-refractivity contribution in [3.63, 3.8) is 0 Å². The van der Waals surface area contributed by atoms with E-state index in [1.165, 1.54) is 17.3 Å². The van der Waals surface area contributed by atoms with Gasteiger partial charge in [0.2, 0.25) is 16.0 Å². The second kappa shape index (κ2) is 6.34. The number of hydrogen-bond donors (Lipinski definition) is 0. The number of carbonyl (C=O) groups is 1. The molecule has 1 amide bonds. The SMILES string of the molecule is C[C@H](C(=O)N1CCN(c2nnc(C(F)(F)F)s2)CC1)n1cncn1. The van der Waals surface area contributed by atoms with Gasteiger partial charge in [0.25, 0.3) is 0 Å². The number of nitrogens with zero attached hydrogens (tertiary/aromatic N) is 7. The maximum atomic E-state index is 12.6. The van der Waals surface area contributed by atoms with Gasteiger partial charge in [-0.2, -0.15) is 18.3 Å². The van der Waals surface area contributed by atoms with E-state index in [0.29, 0.717) is 37.5 Å². The van der Waals surface area contributed by atoms with E-state index in [0.717, 1.165) is 0 Å². The maximum Gasteiger partial charge on any atom is 0.445 e. The Hall–Kier alpha value is -2.24. The van der Waals surface area contributed by atoms with Crippen LogP contribution in [0.2, 0.25) is 0 Å². The van der Waals surface area contributed by atoms with Gasteiger partial charge in [-0.15, -0.1) is 10.2 Å². The van der Waals surface area contributed by atoms with Gasteiger partial charge in [0.15, 0.2) is 0 Å². The zero-order valence-corrected chi connectivity index (χ0v) is 13.5. The minimum absolute atomic E-state index is 0.103. The fourth-order valence-electron chi connectivity index (χ4n) is 2.37. The highest BCUT2D eigenvalue weighted by Crippen LogP contribution is 2.34. The molecular weight excluding hydrogens is 347 g/mol. The summed E-state index contributed by atoms with van der Waals surface area (Å²) in [5.74, 6) is -0.103. The molecule has 130 valence electrons. The van der Waals surface area contributed by atoms with Crippen molar-refractivity contribution in [2.75, 3.05) is 31.1 Å². The van der Waals surface area contributed by atoms with Gasteiger partial charge in [0.1, 0.15) is 18.7 Å². The number of amides is 1. The molecule has 1 fully saturated rings. The lowest BCUT2D eigenvalue weighted by Crippen LogP contribution is -2.50. The Morgan fingerprint density at radius 2 is 1.96 bits per heavy atom. The highest BCUT2D eigenvalue weighted by Gasteiger charge is 2.36. The van der Waals surface area contributed by atoms with Crippen LogP contribution in [0.15, 0.2) is 12.7 Å². The molecule has 0 saturated carbocycles. The molecule has 0 unspecified atom stereocenters. The summed E-state index contributed by atoms with van der Waals surface area (Å²) in [6.07, 6.45) is -1.66.